The van der Waals surface area contributed by atoms with E-state index in [0.717, 1.165) is 63.5 Å². The minimum absolute atomic E-state index is 0.0700. The van der Waals surface area contributed by atoms with Crippen LogP contribution in [0.3, 0.4) is 0 Å². The van der Waals surface area contributed by atoms with Crippen molar-refractivity contribution in [3.63, 3.8) is 0 Å². The number of aliphatic hydroxyl groups is 1. The first-order valence-corrected chi connectivity index (χ1v) is 14.8. The predicted molar refractivity (Wildman–Crippen MR) is 141 cm³/mol. The minimum atomic E-state index is -0.973. The number of aliphatic hydroxyl groups excluding tert-OH is 1. The van der Waals surface area contributed by atoms with E-state index in [4.69, 9.17) is 21.4 Å². The molecule has 2 atom stereocenters. The van der Waals surface area contributed by atoms with Crippen LogP contribution in [0.25, 0.3) is 0 Å². The van der Waals surface area contributed by atoms with E-state index in [-0.39, 0.29) is 18.3 Å². The van der Waals surface area contributed by atoms with E-state index in [1.165, 1.54) is 10.5 Å². The van der Waals surface area contributed by atoms with Crippen molar-refractivity contribution < 1.29 is 14.1 Å². The van der Waals surface area contributed by atoms with Crippen molar-refractivity contribution in [1.29, 1.82) is 0 Å². The van der Waals surface area contributed by atoms with Crippen LogP contribution in [0.4, 0.5) is 11.6 Å². The van der Waals surface area contributed by atoms with Gasteiger partial charge in [0.2, 0.25) is 5.95 Å². The second-order valence-corrected chi connectivity index (χ2v) is 12.3. The van der Waals surface area contributed by atoms with Gasteiger partial charge in [-0.1, -0.05) is 29.4 Å². The molecule has 0 saturated carbocycles. The summed E-state index contributed by atoms with van der Waals surface area (Å²) in [4.78, 5) is 12.1. The summed E-state index contributed by atoms with van der Waals surface area (Å²) < 4.78 is 20.8. The highest BCUT2D eigenvalue weighted by atomic mass is 35.5. The van der Waals surface area contributed by atoms with Gasteiger partial charge in [0, 0.05) is 43.4 Å². The van der Waals surface area contributed by atoms with Gasteiger partial charge in [-0.2, -0.15) is 0 Å². The third-order valence-corrected chi connectivity index (χ3v) is 9.66. The van der Waals surface area contributed by atoms with Gasteiger partial charge in [-0.25, -0.2) is 18.5 Å². The monoisotopic (exact) mass is 537 g/mol. The molecule has 2 N–H and O–H groups in total. The lowest BCUT2D eigenvalue weighted by molar-refractivity contribution is 0.0329. The quantitative estimate of drug-likeness (QED) is 0.525. The van der Waals surface area contributed by atoms with Gasteiger partial charge in [0.25, 0.3) is 0 Å². The Balaban J connectivity index is 1.09. The number of nitrogens with one attached hydrogen (secondary N) is 1. The lowest BCUT2D eigenvalue weighted by Gasteiger charge is -2.33. The number of ether oxygens (including phenoxy) is 1. The zero-order valence-electron chi connectivity index (χ0n) is 19.6. The fraction of sp³-hybridized carbons (Fsp3) is 0.583. The third-order valence-electron chi connectivity index (χ3n) is 6.85. The van der Waals surface area contributed by atoms with Crippen LogP contribution in [-0.4, -0.2) is 73.8 Å². The summed E-state index contributed by atoms with van der Waals surface area (Å²) in [6.45, 7) is 3.52. The number of benzene rings is 1. The predicted octanol–water partition coefficient (Wildman–Crippen LogP) is 3.84. The summed E-state index contributed by atoms with van der Waals surface area (Å²) in [6.07, 6.45) is 7.97. The lowest BCUT2D eigenvalue weighted by atomic mass is 9.90. The molecule has 0 aliphatic carbocycles. The first-order valence-electron chi connectivity index (χ1n) is 12.3. The van der Waals surface area contributed by atoms with Gasteiger partial charge in [-0.3, -0.25) is 0 Å². The van der Waals surface area contributed by atoms with Gasteiger partial charge >= 0.3 is 0 Å². The molecule has 0 bridgehead atoms. The zero-order chi connectivity index (χ0) is 24.2. The average molecular weight is 538 g/mol. The molecule has 1 aromatic carbocycles. The fourth-order valence-electron chi connectivity index (χ4n) is 4.89. The summed E-state index contributed by atoms with van der Waals surface area (Å²) in [5.74, 6) is 1.77. The summed E-state index contributed by atoms with van der Waals surface area (Å²) in [5.41, 5.74) is 2.42. The van der Waals surface area contributed by atoms with E-state index < -0.39 is 11.0 Å². The number of anilines is 2. The van der Waals surface area contributed by atoms with Crippen molar-refractivity contribution in [2.24, 2.45) is 0 Å². The van der Waals surface area contributed by atoms with Crippen molar-refractivity contribution in [3.8, 4) is 0 Å². The van der Waals surface area contributed by atoms with E-state index in [1.54, 1.807) is 24.2 Å². The highest BCUT2D eigenvalue weighted by molar-refractivity contribution is 8.00. The van der Waals surface area contributed by atoms with Gasteiger partial charge in [0.1, 0.15) is 0 Å². The van der Waals surface area contributed by atoms with Gasteiger partial charge in [0.15, 0.2) is 5.56 Å². The standard InChI is InChI=1S/C24H32ClN5O3S2/c25-19-15-26-23(27-16-19)29-8-6-20(7-9-29)33-24-28-21-3-2-18(14-22(21)34-24)17-4-10-30(11-5-17)35(32)13-1-12-31/h2-3,14-17,20,24,28,31H,1,4-13H2. The van der Waals surface area contributed by atoms with E-state index in [2.05, 4.69) is 42.7 Å². The van der Waals surface area contributed by atoms with Crippen LogP contribution in [0.2, 0.25) is 5.02 Å². The molecule has 0 radical (unpaired) electrons. The smallest absolute Gasteiger partial charge is 0.225 e. The maximum Gasteiger partial charge on any atom is 0.225 e. The second-order valence-electron chi connectivity index (χ2n) is 9.18. The molecule has 4 heterocycles. The van der Waals surface area contributed by atoms with Crippen molar-refractivity contribution >= 4 is 46.0 Å². The average Bonchev–Trinajstić information content (AvgIpc) is 3.30. The molecule has 35 heavy (non-hydrogen) atoms. The summed E-state index contributed by atoms with van der Waals surface area (Å²) in [6, 6.07) is 6.70. The van der Waals surface area contributed by atoms with Gasteiger partial charge in [-0.15, -0.1) is 0 Å². The first kappa shape index (κ1) is 25.2. The van der Waals surface area contributed by atoms with E-state index in [9.17, 15) is 4.21 Å². The molecule has 2 unspecified atom stereocenters. The van der Waals surface area contributed by atoms with Crippen LogP contribution in [0.5, 0.6) is 0 Å². The highest BCUT2D eigenvalue weighted by Gasteiger charge is 2.30. The van der Waals surface area contributed by atoms with Gasteiger partial charge in [0.05, 0.1) is 40.2 Å². The number of fused-ring (bicyclic) bond motifs is 1. The Morgan fingerprint density at radius 1 is 1.14 bits per heavy atom. The van der Waals surface area contributed by atoms with E-state index in [1.807, 2.05) is 0 Å². The van der Waals surface area contributed by atoms with Crippen LogP contribution in [0.1, 0.15) is 43.6 Å². The Hall–Kier alpha value is -1.43. The maximum absolute atomic E-state index is 12.3. The third kappa shape index (κ3) is 6.29. The minimum Gasteiger partial charge on any atom is -0.396 e. The largest absolute Gasteiger partial charge is 0.396 e. The number of halogens is 1. The number of thioether (sulfide) groups is 1. The molecule has 0 amide bonds. The Morgan fingerprint density at radius 2 is 1.89 bits per heavy atom. The molecular weight excluding hydrogens is 506 g/mol. The molecule has 2 aromatic rings. The number of hydrogen-bond donors (Lipinski definition) is 2. The van der Waals surface area contributed by atoms with Crippen molar-refractivity contribution in [2.75, 3.05) is 48.8 Å². The normalized spacial score (nSPS) is 22.7. The summed E-state index contributed by atoms with van der Waals surface area (Å²) in [5, 5.41) is 13.0. The molecule has 0 spiro atoms. The van der Waals surface area contributed by atoms with E-state index in [0.29, 0.717) is 23.1 Å². The fourth-order valence-corrected chi connectivity index (χ4v) is 7.33. The topological polar surface area (TPSA) is 90.8 Å². The Morgan fingerprint density at radius 3 is 2.60 bits per heavy atom. The number of hydrogen-bond acceptors (Lipinski definition) is 8. The van der Waals surface area contributed by atoms with Crippen LogP contribution < -0.4 is 10.2 Å². The van der Waals surface area contributed by atoms with Gasteiger partial charge < -0.3 is 20.1 Å². The second kappa shape index (κ2) is 11.7. The van der Waals surface area contributed by atoms with Crippen molar-refractivity contribution in [2.45, 2.75) is 54.6 Å². The number of aromatic nitrogens is 2. The Labute approximate surface area is 218 Å². The number of piperidine rings is 2. The molecule has 5 rings (SSSR count). The van der Waals surface area contributed by atoms with Crippen molar-refractivity contribution in [1.82, 2.24) is 14.3 Å². The Bertz CT molecular complexity index is 1010. The van der Waals surface area contributed by atoms with Crippen LogP contribution in [0.15, 0.2) is 35.5 Å². The molecule has 1 aromatic heterocycles. The molecule has 190 valence electrons. The number of nitrogens with zero attached hydrogens (tertiary/aromatic N) is 4. The summed E-state index contributed by atoms with van der Waals surface area (Å²) in [7, 11) is -0.973. The number of rotatable bonds is 8. The molecule has 2 fully saturated rings. The molecule has 3 aliphatic heterocycles. The zero-order valence-corrected chi connectivity index (χ0v) is 22.0. The van der Waals surface area contributed by atoms with E-state index >= 15 is 0 Å². The highest BCUT2D eigenvalue weighted by Crippen LogP contribution is 2.42. The first-order chi connectivity index (χ1) is 17.1. The van der Waals surface area contributed by atoms with Crippen LogP contribution in [0, 0.1) is 0 Å². The molecule has 8 nitrogen and oxygen atoms in total. The SMILES string of the molecule is O=S(CCCO)N1CCC(c2ccc3c(c2)SC(OC2CCN(c4ncc(Cl)cn4)CC2)N3)CC1. The van der Waals surface area contributed by atoms with Gasteiger partial charge in [-0.05, 0) is 55.7 Å². The molecule has 2 saturated heterocycles. The summed E-state index contributed by atoms with van der Waals surface area (Å²) >= 11 is 7.65. The van der Waals surface area contributed by atoms with Crippen LogP contribution in [-0.2, 0) is 15.7 Å². The lowest BCUT2D eigenvalue weighted by Crippen LogP contribution is -2.39. The van der Waals surface area contributed by atoms with Crippen LogP contribution >= 0.6 is 23.4 Å². The van der Waals surface area contributed by atoms with Crippen molar-refractivity contribution in [3.05, 3.63) is 41.2 Å². The molecule has 3 aliphatic rings. The molecular formula is C24H32ClN5O3S2. The molecule has 11 heteroatoms. The Kier molecular flexibility index (Phi) is 8.47. The maximum atomic E-state index is 12.3.